The van der Waals surface area contributed by atoms with Crippen LogP contribution in [0.1, 0.15) is 11.1 Å². The molecule has 29 heavy (non-hydrogen) atoms. The van der Waals surface area contributed by atoms with Gasteiger partial charge in [0.2, 0.25) is 0 Å². The molecule has 0 saturated carbocycles. The van der Waals surface area contributed by atoms with Crippen molar-refractivity contribution in [2.24, 2.45) is 0 Å². The van der Waals surface area contributed by atoms with Gasteiger partial charge in [0.15, 0.2) is 11.5 Å². The van der Waals surface area contributed by atoms with Gasteiger partial charge in [-0.1, -0.05) is 35.9 Å². The number of hydrogen-bond acceptors (Lipinski definition) is 6. The zero-order valence-corrected chi connectivity index (χ0v) is 16.4. The Morgan fingerprint density at radius 3 is 2.62 bits per heavy atom. The topological polar surface area (TPSA) is 63.0 Å². The van der Waals surface area contributed by atoms with Gasteiger partial charge in [0, 0.05) is 38.9 Å². The Morgan fingerprint density at radius 2 is 1.83 bits per heavy atom. The first-order valence-electron chi connectivity index (χ1n) is 9.91. The van der Waals surface area contributed by atoms with E-state index in [9.17, 15) is 0 Å². The SMILES string of the molecule is Cc1cccc(CN2CCN(c3ncnc4c3cnn4-c3ccccn3)CC2)c1. The number of fused-ring (bicyclic) bond motifs is 1. The Kier molecular flexibility index (Phi) is 4.65. The normalized spacial score (nSPS) is 15.1. The Bertz CT molecular complexity index is 1110. The third-order valence-corrected chi connectivity index (χ3v) is 5.37. The summed E-state index contributed by atoms with van der Waals surface area (Å²) in [5.74, 6) is 1.71. The number of pyridine rings is 1. The highest BCUT2D eigenvalue weighted by Gasteiger charge is 2.21. The van der Waals surface area contributed by atoms with Crippen molar-refractivity contribution in [1.82, 2.24) is 29.6 Å². The number of benzene rings is 1. The largest absolute Gasteiger partial charge is 0.353 e. The molecule has 4 aromatic rings. The van der Waals surface area contributed by atoms with Crippen molar-refractivity contribution in [1.29, 1.82) is 0 Å². The highest BCUT2D eigenvalue weighted by Crippen LogP contribution is 2.25. The zero-order chi connectivity index (χ0) is 19.6. The number of nitrogens with zero attached hydrogens (tertiary/aromatic N) is 7. The molecule has 146 valence electrons. The zero-order valence-electron chi connectivity index (χ0n) is 16.4. The van der Waals surface area contributed by atoms with E-state index in [2.05, 4.69) is 61.0 Å². The van der Waals surface area contributed by atoms with Gasteiger partial charge in [0.25, 0.3) is 0 Å². The van der Waals surface area contributed by atoms with Crippen molar-refractivity contribution in [3.05, 3.63) is 72.3 Å². The summed E-state index contributed by atoms with van der Waals surface area (Å²) in [5, 5.41) is 5.48. The van der Waals surface area contributed by atoms with Crippen molar-refractivity contribution >= 4 is 16.9 Å². The maximum Gasteiger partial charge on any atom is 0.170 e. The predicted octanol–water partition coefficient (Wildman–Crippen LogP) is 2.84. The van der Waals surface area contributed by atoms with Crippen LogP contribution in [0.3, 0.4) is 0 Å². The molecule has 1 aliphatic heterocycles. The van der Waals surface area contributed by atoms with Gasteiger partial charge in [0.1, 0.15) is 12.1 Å². The van der Waals surface area contributed by atoms with E-state index in [1.165, 1.54) is 11.1 Å². The van der Waals surface area contributed by atoms with Crippen LogP contribution in [0.25, 0.3) is 16.9 Å². The predicted molar refractivity (Wildman–Crippen MR) is 113 cm³/mol. The Hall–Kier alpha value is -3.32. The second kappa shape index (κ2) is 7.60. The van der Waals surface area contributed by atoms with E-state index >= 15 is 0 Å². The maximum absolute atomic E-state index is 4.58. The second-order valence-electron chi connectivity index (χ2n) is 7.43. The van der Waals surface area contributed by atoms with Gasteiger partial charge in [-0.15, -0.1) is 0 Å². The molecule has 0 atom stereocenters. The standard InChI is InChI=1S/C22H23N7/c1-17-5-4-6-18(13-17)15-27-9-11-28(12-10-27)21-19-14-26-29(22(19)25-16-24-21)20-7-2-3-8-23-20/h2-8,13-14,16H,9-12,15H2,1H3. The minimum atomic E-state index is 0.759. The molecule has 0 spiro atoms. The van der Waals surface area contributed by atoms with Gasteiger partial charge < -0.3 is 4.90 Å². The maximum atomic E-state index is 4.58. The van der Waals surface area contributed by atoms with Crippen LogP contribution in [0, 0.1) is 6.92 Å². The average Bonchev–Trinajstić information content (AvgIpc) is 3.19. The number of hydrogen-bond donors (Lipinski definition) is 0. The summed E-state index contributed by atoms with van der Waals surface area (Å²) < 4.78 is 1.77. The lowest BCUT2D eigenvalue weighted by atomic mass is 10.1. The van der Waals surface area contributed by atoms with Crippen molar-refractivity contribution < 1.29 is 0 Å². The third-order valence-electron chi connectivity index (χ3n) is 5.37. The molecule has 3 aromatic heterocycles. The monoisotopic (exact) mass is 385 g/mol. The van der Waals surface area contributed by atoms with Crippen molar-refractivity contribution in [2.45, 2.75) is 13.5 Å². The quantitative estimate of drug-likeness (QED) is 0.538. The van der Waals surface area contributed by atoms with Gasteiger partial charge in [-0.2, -0.15) is 9.78 Å². The molecule has 0 aliphatic carbocycles. The van der Waals surface area contributed by atoms with Crippen molar-refractivity contribution in [3.8, 4) is 5.82 Å². The highest BCUT2D eigenvalue weighted by molar-refractivity contribution is 5.87. The molecule has 0 N–H and O–H groups in total. The highest BCUT2D eigenvalue weighted by atomic mass is 15.3. The van der Waals surface area contributed by atoms with Crippen LogP contribution >= 0.6 is 0 Å². The van der Waals surface area contributed by atoms with Gasteiger partial charge in [-0.3, -0.25) is 4.90 Å². The molecule has 1 fully saturated rings. The lowest BCUT2D eigenvalue weighted by Gasteiger charge is -2.35. The van der Waals surface area contributed by atoms with E-state index < -0.39 is 0 Å². The molecule has 0 unspecified atom stereocenters. The van der Waals surface area contributed by atoms with E-state index in [-0.39, 0.29) is 0 Å². The Labute approximate surface area is 169 Å². The molecule has 0 amide bonds. The second-order valence-corrected chi connectivity index (χ2v) is 7.43. The van der Waals surface area contributed by atoms with E-state index in [0.717, 1.165) is 55.4 Å². The fourth-order valence-corrected chi connectivity index (χ4v) is 3.92. The summed E-state index contributed by atoms with van der Waals surface area (Å²) in [7, 11) is 0. The first-order chi connectivity index (χ1) is 14.3. The van der Waals surface area contributed by atoms with Crippen LogP contribution in [0.4, 0.5) is 5.82 Å². The minimum absolute atomic E-state index is 0.759. The van der Waals surface area contributed by atoms with Crippen LogP contribution in [0.2, 0.25) is 0 Å². The first-order valence-corrected chi connectivity index (χ1v) is 9.91. The molecule has 7 nitrogen and oxygen atoms in total. The van der Waals surface area contributed by atoms with Crippen LogP contribution in [-0.2, 0) is 6.54 Å². The van der Waals surface area contributed by atoms with Crippen molar-refractivity contribution in [2.75, 3.05) is 31.1 Å². The Morgan fingerprint density at radius 1 is 0.931 bits per heavy atom. The molecule has 5 rings (SSSR count). The third kappa shape index (κ3) is 3.56. The summed E-state index contributed by atoms with van der Waals surface area (Å²) in [6.07, 6.45) is 5.23. The van der Waals surface area contributed by atoms with Crippen LogP contribution in [0.15, 0.2) is 61.2 Å². The fourth-order valence-electron chi connectivity index (χ4n) is 3.92. The molecule has 1 saturated heterocycles. The molecular formula is C22H23N7. The van der Waals surface area contributed by atoms with Gasteiger partial charge in [-0.05, 0) is 24.6 Å². The summed E-state index contributed by atoms with van der Waals surface area (Å²) >= 11 is 0. The van der Waals surface area contributed by atoms with Gasteiger partial charge >= 0.3 is 0 Å². The average molecular weight is 385 g/mol. The van der Waals surface area contributed by atoms with E-state index in [1.807, 2.05) is 24.4 Å². The first kappa shape index (κ1) is 17.8. The molecule has 0 radical (unpaired) electrons. The fraction of sp³-hybridized carbons (Fsp3) is 0.273. The van der Waals surface area contributed by atoms with E-state index in [4.69, 9.17) is 0 Å². The molecule has 0 bridgehead atoms. The molecular weight excluding hydrogens is 362 g/mol. The summed E-state index contributed by atoms with van der Waals surface area (Å²) in [4.78, 5) is 18.3. The number of rotatable bonds is 4. The summed E-state index contributed by atoms with van der Waals surface area (Å²) in [6.45, 7) is 7.03. The van der Waals surface area contributed by atoms with E-state index in [1.54, 1.807) is 17.2 Å². The lowest BCUT2D eigenvalue weighted by Crippen LogP contribution is -2.46. The molecule has 7 heteroatoms. The van der Waals surface area contributed by atoms with Gasteiger partial charge in [-0.25, -0.2) is 15.0 Å². The number of aryl methyl sites for hydroxylation is 1. The minimum Gasteiger partial charge on any atom is -0.353 e. The molecule has 1 aliphatic rings. The van der Waals surface area contributed by atoms with Crippen molar-refractivity contribution in [3.63, 3.8) is 0 Å². The van der Waals surface area contributed by atoms with Crippen LogP contribution in [-0.4, -0.2) is 55.8 Å². The van der Waals surface area contributed by atoms with Gasteiger partial charge in [0.05, 0.1) is 11.6 Å². The van der Waals surface area contributed by atoms with E-state index in [0.29, 0.717) is 0 Å². The summed E-state index contributed by atoms with van der Waals surface area (Å²) in [6, 6.07) is 14.5. The Balaban J connectivity index is 1.34. The van der Waals surface area contributed by atoms with Crippen LogP contribution < -0.4 is 4.90 Å². The number of piperazine rings is 1. The lowest BCUT2D eigenvalue weighted by molar-refractivity contribution is 0.249. The molecule has 4 heterocycles. The number of anilines is 1. The van der Waals surface area contributed by atoms with Crippen LogP contribution in [0.5, 0.6) is 0 Å². The number of aromatic nitrogens is 5. The smallest absolute Gasteiger partial charge is 0.170 e. The summed E-state index contributed by atoms with van der Waals surface area (Å²) in [5.41, 5.74) is 3.48. The molecule has 1 aromatic carbocycles.